The van der Waals surface area contributed by atoms with E-state index in [-0.39, 0.29) is 27.3 Å². The molecule has 0 aliphatic rings. The summed E-state index contributed by atoms with van der Waals surface area (Å²) in [6.07, 6.45) is 0. The first-order valence-electron chi connectivity index (χ1n) is 5.39. The van der Waals surface area contributed by atoms with Gasteiger partial charge in [-0.15, -0.1) is 0 Å². The third kappa shape index (κ3) is 2.44. The molecule has 0 unspecified atom stereocenters. The van der Waals surface area contributed by atoms with E-state index in [4.69, 9.17) is 16.7 Å². The molecule has 0 atom stereocenters. The summed E-state index contributed by atoms with van der Waals surface area (Å²) in [4.78, 5) is 11.1. The van der Waals surface area contributed by atoms with Gasteiger partial charge >= 0.3 is 5.97 Å². The maximum atomic E-state index is 13.9. The molecule has 5 heteroatoms. The number of carboxylic acids is 1. The van der Waals surface area contributed by atoms with E-state index >= 15 is 0 Å². The topological polar surface area (TPSA) is 37.3 Å². The third-order valence-corrected chi connectivity index (χ3v) is 3.01. The van der Waals surface area contributed by atoms with E-state index in [0.29, 0.717) is 0 Å². The van der Waals surface area contributed by atoms with Crippen molar-refractivity contribution in [2.75, 3.05) is 0 Å². The Morgan fingerprint density at radius 2 is 1.74 bits per heavy atom. The summed E-state index contributed by atoms with van der Waals surface area (Å²) < 4.78 is 27.4. The minimum absolute atomic E-state index is 0.0910. The van der Waals surface area contributed by atoms with Crippen molar-refractivity contribution in [2.45, 2.75) is 6.92 Å². The van der Waals surface area contributed by atoms with Crippen LogP contribution in [0.2, 0.25) is 5.02 Å². The Kier molecular flexibility index (Phi) is 3.53. The summed E-state index contributed by atoms with van der Waals surface area (Å²) in [6, 6.07) is 6.74. The van der Waals surface area contributed by atoms with Gasteiger partial charge in [-0.1, -0.05) is 29.8 Å². The van der Waals surface area contributed by atoms with Crippen molar-refractivity contribution < 1.29 is 18.7 Å². The lowest BCUT2D eigenvalue weighted by Crippen LogP contribution is -2.02. The molecule has 0 bridgehead atoms. The highest BCUT2D eigenvalue weighted by atomic mass is 35.5. The summed E-state index contributed by atoms with van der Waals surface area (Å²) in [5.74, 6) is -3.30. The van der Waals surface area contributed by atoms with Crippen LogP contribution in [0, 0.1) is 18.6 Å². The fourth-order valence-electron chi connectivity index (χ4n) is 1.78. The number of carbonyl (C=O) groups is 1. The van der Waals surface area contributed by atoms with Crippen LogP contribution < -0.4 is 0 Å². The van der Waals surface area contributed by atoms with Crippen molar-refractivity contribution in [3.63, 3.8) is 0 Å². The van der Waals surface area contributed by atoms with Crippen molar-refractivity contribution in [1.29, 1.82) is 0 Å². The molecule has 0 aliphatic carbocycles. The average Bonchev–Trinajstić information content (AvgIpc) is 2.37. The summed E-state index contributed by atoms with van der Waals surface area (Å²) in [5, 5.41) is 9.31. The van der Waals surface area contributed by atoms with Gasteiger partial charge in [0.05, 0.1) is 5.56 Å². The lowest BCUT2D eigenvalue weighted by Gasteiger charge is -2.09. The third-order valence-electron chi connectivity index (χ3n) is 2.78. The predicted molar refractivity (Wildman–Crippen MR) is 68.5 cm³/mol. The largest absolute Gasteiger partial charge is 0.478 e. The minimum Gasteiger partial charge on any atom is -0.478 e. The summed E-state index contributed by atoms with van der Waals surface area (Å²) in [7, 11) is 0. The molecular weight excluding hydrogens is 274 g/mol. The fourth-order valence-corrected chi connectivity index (χ4v) is 1.95. The quantitative estimate of drug-likeness (QED) is 0.892. The van der Waals surface area contributed by atoms with Crippen LogP contribution in [0.1, 0.15) is 15.9 Å². The molecular formula is C14H9ClF2O2. The highest BCUT2D eigenvalue weighted by Crippen LogP contribution is 2.30. The van der Waals surface area contributed by atoms with Crippen LogP contribution in [-0.4, -0.2) is 11.1 Å². The second-order valence-corrected chi connectivity index (χ2v) is 4.49. The smallest absolute Gasteiger partial charge is 0.336 e. The van der Waals surface area contributed by atoms with Crippen molar-refractivity contribution >= 4 is 17.6 Å². The number of aryl methyl sites for hydroxylation is 1. The molecule has 0 heterocycles. The van der Waals surface area contributed by atoms with Crippen molar-refractivity contribution in [2.24, 2.45) is 0 Å². The Morgan fingerprint density at radius 3 is 2.37 bits per heavy atom. The molecule has 2 aromatic carbocycles. The molecule has 19 heavy (non-hydrogen) atoms. The summed E-state index contributed by atoms with van der Waals surface area (Å²) in [6.45, 7) is 1.43. The van der Waals surface area contributed by atoms with Crippen LogP contribution in [0.5, 0.6) is 0 Å². The molecule has 2 aromatic rings. The Morgan fingerprint density at radius 1 is 1.11 bits per heavy atom. The van der Waals surface area contributed by atoms with Crippen molar-refractivity contribution in [3.05, 3.63) is 58.1 Å². The molecule has 0 radical (unpaired) electrons. The molecule has 0 spiro atoms. The molecule has 0 amide bonds. The van der Waals surface area contributed by atoms with E-state index in [1.165, 1.54) is 37.3 Å². The van der Waals surface area contributed by atoms with E-state index in [0.717, 1.165) is 0 Å². The number of rotatable bonds is 2. The molecule has 0 aliphatic heterocycles. The first-order valence-corrected chi connectivity index (χ1v) is 5.77. The van der Waals surface area contributed by atoms with Crippen molar-refractivity contribution in [1.82, 2.24) is 0 Å². The highest BCUT2D eigenvalue weighted by molar-refractivity contribution is 6.31. The van der Waals surface area contributed by atoms with E-state index in [9.17, 15) is 13.6 Å². The van der Waals surface area contributed by atoms with Gasteiger partial charge in [0.2, 0.25) is 0 Å². The Balaban J connectivity index is 2.72. The zero-order chi connectivity index (χ0) is 14.2. The van der Waals surface area contributed by atoms with Gasteiger partial charge < -0.3 is 5.11 Å². The molecule has 0 saturated heterocycles. The van der Waals surface area contributed by atoms with E-state index < -0.39 is 17.6 Å². The second-order valence-electron chi connectivity index (χ2n) is 4.05. The SMILES string of the molecule is Cc1ccc(-c2ccc(Cl)cc2C(=O)O)c(F)c1F. The molecule has 0 saturated carbocycles. The molecule has 2 rings (SSSR count). The van der Waals surface area contributed by atoms with Crippen LogP contribution in [-0.2, 0) is 0 Å². The number of halogens is 3. The Bertz CT molecular complexity index is 669. The lowest BCUT2D eigenvalue weighted by molar-refractivity contribution is 0.0697. The Hall–Kier alpha value is -1.94. The first kappa shape index (κ1) is 13.5. The maximum Gasteiger partial charge on any atom is 0.336 e. The van der Waals surface area contributed by atoms with Gasteiger partial charge in [0, 0.05) is 10.6 Å². The molecule has 98 valence electrons. The number of carboxylic acid groups (broad SMARTS) is 1. The van der Waals surface area contributed by atoms with Crippen molar-refractivity contribution in [3.8, 4) is 11.1 Å². The molecule has 0 fully saturated rings. The minimum atomic E-state index is -1.25. The molecule has 1 N–H and O–H groups in total. The summed E-state index contributed by atoms with van der Waals surface area (Å²) >= 11 is 5.71. The fraction of sp³-hybridized carbons (Fsp3) is 0.0714. The van der Waals surface area contributed by atoms with Gasteiger partial charge in [0.1, 0.15) is 0 Å². The standard InChI is InChI=1S/C14H9ClF2O2/c1-7-2-4-10(13(17)12(7)16)9-5-3-8(15)6-11(9)14(18)19/h2-6H,1H3,(H,18,19). The van der Waals surface area contributed by atoms with Gasteiger partial charge in [0.15, 0.2) is 11.6 Å². The normalized spacial score (nSPS) is 10.5. The highest BCUT2D eigenvalue weighted by Gasteiger charge is 2.18. The van der Waals surface area contributed by atoms with Crippen LogP contribution >= 0.6 is 11.6 Å². The van der Waals surface area contributed by atoms with Gasteiger partial charge in [0.25, 0.3) is 0 Å². The van der Waals surface area contributed by atoms with Gasteiger partial charge in [-0.2, -0.15) is 0 Å². The monoisotopic (exact) mass is 282 g/mol. The number of hydrogen-bond donors (Lipinski definition) is 1. The summed E-state index contributed by atoms with van der Waals surface area (Å²) in [5.41, 5.74) is -0.0211. The zero-order valence-corrected chi connectivity index (χ0v) is 10.6. The molecule has 2 nitrogen and oxygen atoms in total. The second kappa shape index (κ2) is 4.97. The average molecular weight is 283 g/mol. The lowest BCUT2D eigenvalue weighted by atomic mass is 9.98. The van der Waals surface area contributed by atoms with Crippen LogP contribution in [0.15, 0.2) is 30.3 Å². The first-order chi connectivity index (χ1) is 8.91. The number of benzene rings is 2. The van der Waals surface area contributed by atoms with Crippen LogP contribution in [0.25, 0.3) is 11.1 Å². The maximum absolute atomic E-state index is 13.9. The molecule has 0 aromatic heterocycles. The van der Waals surface area contributed by atoms with E-state index in [1.54, 1.807) is 0 Å². The Labute approximate surface area is 113 Å². The number of hydrogen-bond acceptors (Lipinski definition) is 1. The van der Waals surface area contributed by atoms with Gasteiger partial charge in [-0.3, -0.25) is 0 Å². The zero-order valence-electron chi connectivity index (χ0n) is 9.88. The van der Waals surface area contributed by atoms with Gasteiger partial charge in [-0.25, -0.2) is 13.6 Å². The van der Waals surface area contributed by atoms with Gasteiger partial charge in [-0.05, 0) is 30.2 Å². The predicted octanol–water partition coefficient (Wildman–Crippen LogP) is 4.29. The van der Waals surface area contributed by atoms with Crippen LogP contribution in [0.3, 0.4) is 0 Å². The van der Waals surface area contributed by atoms with Crippen LogP contribution in [0.4, 0.5) is 8.78 Å². The van der Waals surface area contributed by atoms with E-state index in [2.05, 4.69) is 0 Å². The number of aromatic carboxylic acids is 1. The van der Waals surface area contributed by atoms with E-state index in [1.807, 2.05) is 0 Å².